The van der Waals surface area contributed by atoms with Gasteiger partial charge in [0.05, 0.1) is 12.7 Å². The molecule has 1 fully saturated rings. The Labute approximate surface area is 94.8 Å². The topological polar surface area (TPSA) is 69.5 Å². The van der Waals surface area contributed by atoms with Crippen molar-refractivity contribution in [2.24, 2.45) is 5.92 Å². The lowest BCUT2D eigenvalue weighted by Gasteiger charge is -2.34. The Bertz CT molecular complexity index is 336. The van der Waals surface area contributed by atoms with E-state index < -0.39 is 0 Å². The third kappa shape index (κ3) is 2.48. The van der Waals surface area contributed by atoms with Gasteiger partial charge in [0, 0.05) is 31.5 Å². The monoisotopic (exact) mass is 223 g/mol. The lowest BCUT2D eigenvalue weighted by molar-refractivity contribution is 0.0463. The zero-order chi connectivity index (χ0) is 11.5. The molecule has 0 saturated heterocycles. The van der Waals surface area contributed by atoms with E-state index in [2.05, 4.69) is 9.97 Å². The molecule has 0 unspecified atom stereocenters. The van der Waals surface area contributed by atoms with E-state index >= 15 is 0 Å². The van der Waals surface area contributed by atoms with Crippen LogP contribution in [0.5, 0.6) is 0 Å². The summed E-state index contributed by atoms with van der Waals surface area (Å²) in [5.74, 6) is 1.21. The lowest BCUT2D eigenvalue weighted by atomic mass is 9.82. The van der Waals surface area contributed by atoms with E-state index in [9.17, 15) is 5.11 Å². The first kappa shape index (κ1) is 11.3. The largest absolute Gasteiger partial charge is 0.393 e. The molecular weight excluding hydrogens is 206 g/mol. The van der Waals surface area contributed by atoms with Gasteiger partial charge in [0.2, 0.25) is 5.95 Å². The summed E-state index contributed by atoms with van der Waals surface area (Å²) >= 11 is 0. The van der Waals surface area contributed by atoms with E-state index in [0.29, 0.717) is 11.9 Å². The summed E-state index contributed by atoms with van der Waals surface area (Å²) in [5, 5.41) is 18.1. The Morgan fingerprint density at radius 1 is 1.38 bits per heavy atom. The molecular formula is C11H17N3O2. The zero-order valence-corrected chi connectivity index (χ0v) is 9.37. The van der Waals surface area contributed by atoms with E-state index in [-0.39, 0.29) is 12.7 Å². The first-order valence-electron chi connectivity index (χ1n) is 5.50. The first-order chi connectivity index (χ1) is 7.69. The Balaban J connectivity index is 1.90. The van der Waals surface area contributed by atoms with Crippen molar-refractivity contribution >= 4 is 5.95 Å². The molecule has 1 saturated carbocycles. The number of hydrogen-bond donors (Lipinski definition) is 2. The molecule has 1 aromatic heterocycles. The summed E-state index contributed by atoms with van der Waals surface area (Å²) in [4.78, 5) is 10.3. The molecule has 0 bridgehead atoms. The fourth-order valence-electron chi connectivity index (χ4n) is 1.95. The zero-order valence-electron chi connectivity index (χ0n) is 9.37. The van der Waals surface area contributed by atoms with E-state index in [0.717, 1.165) is 24.9 Å². The summed E-state index contributed by atoms with van der Waals surface area (Å²) < 4.78 is 0. The molecule has 0 amide bonds. The molecule has 1 aliphatic rings. The molecule has 2 N–H and O–H groups in total. The molecule has 0 atom stereocenters. The maximum atomic E-state index is 9.19. The highest BCUT2D eigenvalue weighted by Crippen LogP contribution is 2.28. The van der Waals surface area contributed by atoms with Crippen molar-refractivity contribution < 1.29 is 10.2 Å². The van der Waals surface area contributed by atoms with Gasteiger partial charge in [-0.15, -0.1) is 0 Å². The first-order valence-corrected chi connectivity index (χ1v) is 5.50. The Morgan fingerprint density at radius 3 is 2.50 bits per heavy atom. The van der Waals surface area contributed by atoms with Crippen molar-refractivity contribution in [2.45, 2.75) is 25.6 Å². The average Bonchev–Trinajstić information content (AvgIpc) is 2.27. The second-order valence-corrected chi connectivity index (χ2v) is 4.42. The standard InChI is InChI=1S/C11H17N3O2/c1-14(6-8-2-10(16)3-8)11-12-4-9(7-15)5-13-11/h4-5,8,10,15-16H,2-3,6-7H2,1H3. The summed E-state index contributed by atoms with van der Waals surface area (Å²) in [6.07, 6.45) is 4.90. The summed E-state index contributed by atoms with van der Waals surface area (Å²) in [5.41, 5.74) is 0.719. The van der Waals surface area contributed by atoms with Crippen molar-refractivity contribution in [3.63, 3.8) is 0 Å². The molecule has 5 heteroatoms. The van der Waals surface area contributed by atoms with Crippen LogP contribution in [-0.2, 0) is 6.61 Å². The number of hydrogen-bond acceptors (Lipinski definition) is 5. The highest BCUT2D eigenvalue weighted by atomic mass is 16.3. The van der Waals surface area contributed by atoms with Crippen molar-refractivity contribution in [3.05, 3.63) is 18.0 Å². The SMILES string of the molecule is CN(CC1CC(O)C1)c1ncc(CO)cn1. The van der Waals surface area contributed by atoms with Gasteiger partial charge in [0.25, 0.3) is 0 Å². The average molecular weight is 223 g/mol. The fraction of sp³-hybridized carbons (Fsp3) is 0.636. The van der Waals surface area contributed by atoms with Crippen LogP contribution in [0.4, 0.5) is 5.95 Å². The summed E-state index contributed by atoms with van der Waals surface area (Å²) in [7, 11) is 1.94. The van der Waals surface area contributed by atoms with E-state index in [1.165, 1.54) is 0 Å². The van der Waals surface area contributed by atoms with Crippen LogP contribution in [0.15, 0.2) is 12.4 Å². The highest BCUT2D eigenvalue weighted by molar-refractivity contribution is 5.28. The van der Waals surface area contributed by atoms with Crippen LogP contribution in [0.3, 0.4) is 0 Å². The third-order valence-corrected chi connectivity index (χ3v) is 2.96. The molecule has 1 aliphatic carbocycles. The maximum Gasteiger partial charge on any atom is 0.225 e. The minimum Gasteiger partial charge on any atom is -0.393 e. The molecule has 0 radical (unpaired) electrons. The summed E-state index contributed by atoms with van der Waals surface area (Å²) in [6, 6.07) is 0. The van der Waals surface area contributed by atoms with Gasteiger partial charge in [-0.2, -0.15) is 0 Å². The fourth-order valence-corrected chi connectivity index (χ4v) is 1.95. The number of aromatic nitrogens is 2. The van der Waals surface area contributed by atoms with Crippen molar-refractivity contribution in [1.29, 1.82) is 0 Å². The predicted molar refractivity (Wildman–Crippen MR) is 60.0 cm³/mol. The minimum absolute atomic E-state index is 0.0290. The predicted octanol–water partition coefficient (Wildman–Crippen LogP) is 0.176. The number of aliphatic hydroxyl groups excluding tert-OH is 2. The van der Waals surface area contributed by atoms with Crippen molar-refractivity contribution in [2.75, 3.05) is 18.5 Å². The molecule has 0 aromatic carbocycles. The molecule has 0 aliphatic heterocycles. The normalized spacial score (nSPS) is 23.9. The molecule has 5 nitrogen and oxygen atoms in total. The van der Waals surface area contributed by atoms with Gasteiger partial charge in [0.1, 0.15) is 0 Å². The van der Waals surface area contributed by atoms with Gasteiger partial charge in [0.15, 0.2) is 0 Å². The molecule has 2 rings (SSSR count). The van der Waals surface area contributed by atoms with Gasteiger partial charge in [-0.25, -0.2) is 9.97 Å². The molecule has 1 heterocycles. The van der Waals surface area contributed by atoms with E-state index in [1.807, 2.05) is 11.9 Å². The lowest BCUT2D eigenvalue weighted by Crippen LogP contribution is -2.37. The molecule has 16 heavy (non-hydrogen) atoms. The van der Waals surface area contributed by atoms with Gasteiger partial charge < -0.3 is 15.1 Å². The van der Waals surface area contributed by atoms with Crippen LogP contribution < -0.4 is 4.90 Å². The van der Waals surface area contributed by atoms with Crippen LogP contribution in [0.1, 0.15) is 18.4 Å². The van der Waals surface area contributed by atoms with Crippen LogP contribution in [0.25, 0.3) is 0 Å². The highest BCUT2D eigenvalue weighted by Gasteiger charge is 2.28. The number of rotatable bonds is 4. The maximum absolute atomic E-state index is 9.19. The van der Waals surface area contributed by atoms with E-state index in [4.69, 9.17) is 5.11 Å². The van der Waals surface area contributed by atoms with Crippen LogP contribution >= 0.6 is 0 Å². The van der Waals surface area contributed by atoms with Crippen molar-refractivity contribution in [1.82, 2.24) is 9.97 Å². The Morgan fingerprint density at radius 2 is 2.00 bits per heavy atom. The van der Waals surface area contributed by atoms with Gasteiger partial charge >= 0.3 is 0 Å². The van der Waals surface area contributed by atoms with Gasteiger partial charge in [-0.3, -0.25) is 0 Å². The smallest absolute Gasteiger partial charge is 0.225 e. The van der Waals surface area contributed by atoms with Crippen LogP contribution in [-0.4, -0.2) is 39.9 Å². The molecule has 88 valence electrons. The molecule has 0 spiro atoms. The number of anilines is 1. The number of nitrogens with zero attached hydrogens (tertiary/aromatic N) is 3. The van der Waals surface area contributed by atoms with Crippen molar-refractivity contribution in [3.8, 4) is 0 Å². The van der Waals surface area contributed by atoms with Gasteiger partial charge in [-0.1, -0.05) is 0 Å². The van der Waals surface area contributed by atoms with Crippen LogP contribution in [0, 0.1) is 5.92 Å². The molecule has 1 aromatic rings. The number of aliphatic hydroxyl groups is 2. The third-order valence-electron chi connectivity index (χ3n) is 2.96. The van der Waals surface area contributed by atoms with E-state index in [1.54, 1.807) is 12.4 Å². The Kier molecular flexibility index (Phi) is 3.36. The van der Waals surface area contributed by atoms with Crippen LogP contribution in [0.2, 0.25) is 0 Å². The van der Waals surface area contributed by atoms with Gasteiger partial charge in [-0.05, 0) is 18.8 Å². The summed E-state index contributed by atoms with van der Waals surface area (Å²) in [6.45, 7) is 0.842. The second-order valence-electron chi connectivity index (χ2n) is 4.42. The quantitative estimate of drug-likeness (QED) is 0.762. The Hall–Kier alpha value is -1.20. The minimum atomic E-state index is -0.115. The second kappa shape index (κ2) is 4.76.